The van der Waals surface area contributed by atoms with Gasteiger partial charge in [0.25, 0.3) is 0 Å². The second-order valence-corrected chi connectivity index (χ2v) is 11.4. The van der Waals surface area contributed by atoms with Crippen molar-refractivity contribution in [2.75, 3.05) is 6.54 Å². The topological polar surface area (TPSA) is 128 Å². The summed E-state index contributed by atoms with van der Waals surface area (Å²) >= 11 is 0. The predicted octanol–water partition coefficient (Wildman–Crippen LogP) is 4.02. The summed E-state index contributed by atoms with van der Waals surface area (Å²) in [5.41, 5.74) is 2.61. The zero-order valence-corrected chi connectivity index (χ0v) is 22.5. The average Bonchev–Trinajstić information content (AvgIpc) is 2.80. The number of aromatic hydroxyl groups is 2. The molecule has 3 rings (SSSR count). The number of allylic oxidation sites excluding steroid dienone is 1. The first kappa shape index (κ1) is 29.0. The van der Waals surface area contributed by atoms with Crippen LogP contribution in [0.4, 0.5) is 0 Å². The zero-order chi connectivity index (χ0) is 27.5. The standard InChI is InChI=1S/C29H43NO7/c1-16(2)7-8-23(32)18(4)30-15-20-9-10-29(5,6)26(36-20)12-19(31)11-21-13-22-17(3)24(33)14-25(34)27(22)28(35)37-21/h14,19-21,23,26,30-34H,1,4,7-13,15H2,2-3,5-6H3/t19-,20+,21?,23?,26?/m1/s1. The Morgan fingerprint density at radius 2 is 1.89 bits per heavy atom. The van der Waals surface area contributed by atoms with Gasteiger partial charge in [-0.25, -0.2) is 4.79 Å². The van der Waals surface area contributed by atoms with Crippen LogP contribution in [-0.4, -0.2) is 63.5 Å². The van der Waals surface area contributed by atoms with Crippen molar-refractivity contribution in [3.8, 4) is 11.5 Å². The molecular weight excluding hydrogens is 474 g/mol. The van der Waals surface area contributed by atoms with Gasteiger partial charge in [0.15, 0.2) is 0 Å². The quantitative estimate of drug-likeness (QED) is 0.220. The molecule has 0 aromatic heterocycles. The molecule has 3 unspecified atom stereocenters. The molecule has 5 N–H and O–H groups in total. The number of phenolic OH excluding ortho intramolecular Hbond substituents is 2. The molecule has 37 heavy (non-hydrogen) atoms. The first-order valence-electron chi connectivity index (χ1n) is 13.1. The Balaban J connectivity index is 1.56. The van der Waals surface area contributed by atoms with E-state index in [1.165, 1.54) is 0 Å². The molecule has 0 aliphatic carbocycles. The van der Waals surface area contributed by atoms with Crippen LogP contribution in [0.3, 0.4) is 0 Å². The molecule has 8 nitrogen and oxygen atoms in total. The predicted molar refractivity (Wildman–Crippen MR) is 142 cm³/mol. The highest BCUT2D eigenvalue weighted by Crippen LogP contribution is 2.40. The molecule has 0 radical (unpaired) electrons. The number of fused-ring (bicyclic) bond motifs is 1. The van der Waals surface area contributed by atoms with Gasteiger partial charge < -0.3 is 35.2 Å². The monoisotopic (exact) mass is 517 g/mol. The van der Waals surface area contributed by atoms with Crippen molar-refractivity contribution in [2.45, 2.75) is 103 Å². The van der Waals surface area contributed by atoms with E-state index in [2.05, 4.69) is 32.3 Å². The summed E-state index contributed by atoms with van der Waals surface area (Å²) in [6.45, 7) is 16.2. The fourth-order valence-electron chi connectivity index (χ4n) is 5.17. The molecule has 8 heteroatoms. The number of hydrogen-bond acceptors (Lipinski definition) is 8. The Morgan fingerprint density at radius 1 is 1.19 bits per heavy atom. The Hall–Kier alpha value is -2.55. The van der Waals surface area contributed by atoms with E-state index in [0.29, 0.717) is 42.6 Å². The van der Waals surface area contributed by atoms with E-state index in [-0.39, 0.29) is 41.1 Å². The number of rotatable bonds is 11. The second-order valence-electron chi connectivity index (χ2n) is 11.4. The number of esters is 1. The Labute approximate surface area is 220 Å². The molecule has 1 aromatic rings. The summed E-state index contributed by atoms with van der Waals surface area (Å²) in [6, 6.07) is 1.15. The Morgan fingerprint density at radius 3 is 2.57 bits per heavy atom. The number of benzene rings is 1. The minimum atomic E-state index is -0.763. The smallest absolute Gasteiger partial charge is 0.342 e. The lowest BCUT2D eigenvalue weighted by Crippen LogP contribution is -2.46. The highest BCUT2D eigenvalue weighted by molar-refractivity contribution is 5.96. The summed E-state index contributed by atoms with van der Waals surface area (Å²) in [7, 11) is 0. The number of carbonyl (C=O) groups is 1. The number of carbonyl (C=O) groups excluding carboxylic acids is 1. The summed E-state index contributed by atoms with van der Waals surface area (Å²) in [5.74, 6) is -1.02. The maximum Gasteiger partial charge on any atom is 0.342 e. The van der Waals surface area contributed by atoms with Gasteiger partial charge in [0, 0.05) is 37.6 Å². The Bertz CT molecular complexity index is 1020. The lowest BCUT2D eigenvalue weighted by molar-refractivity contribution is -0.131. The third kappa shape index (κ3) is 7.27. The minimum absolute atomic E-state index is 0.0757. The van der Waals surface area contributed by atoms with Crippen LogP contribution < -0.4 is 5.32 Å². The number of aliphatic hydroxyl groups excluding tert-OH is 2. The van der Waals surface area contributed by atoms with Gasteiger partial charge in [-0.1, -0.05) is 26.0 Å². The molecule has 0 saturated carbocycles. The fourth-order valence-corrected chi connectivity index (χ4v) is 5.17. The molecule has 1 saturated heterocycles. The first-order chi connectivity index (χ1) is 17.3. The third-order valence-corrected chi connectivity index (χ3v) is 7.74. The number of phenols is 2. The van der Waals surface area contributed by atoms with Crippen molar-refractivity contribution in [3.05, 3.63) is 47.2 Å². The van der Waals surface area contributed by atoms with Gasteiger partial charge in [0.05, 0.1) is 24.4 Å². The SMILES string of the molecule is C=C(C)CCC(O)C(=C)NC[C@@H]1CCC(C)(C)C(C[C@H](O)CC2Cc3c(C)c(O)cc(O)c3C(=O)O2)O1. The molecule has 2 heterocycles. The van der Waals surface area contributed by atoms with Crippen LogP contribution in [0, 0.1) is 12.3 Å². The highest BCUT2D eigenvalue weighted by Gasteiger charge is 2.39. The van der Waals surface area contributed by atoms with Crippen molar-refractivity contribution < 1.29 is 34.7 Å². The van der Waals surface area contributed by atoms with E-state index in [1.54, 1.807) is 6.92 Å². The van der Waals surface area contributed by atoms with Crippen LogP contribution in [0.5, 0.6) is 11.5 Å². The molecule has 0 bridgehead atoms. The molecule has 206 valence electrons. The maximum atomic E-state index is 12.5. The van der Waals surface area contributed by atoms with Crippen molar-refractivity contribution in [1.82, 2.24) is 5.32 Å². The van der Waals surface area contributed by atoms with Crippen LogP contribution in [-0.2, 0) is 15.9 Å². The van der Waals surface area contributed by atoms with E-state index in [4.69, 9.17) is 9.47 Å². The zero-order valence-electron chi connectivity index (χ0n) is 22.5. The first-order valence-corrected chi connectivity index (χ1v) is 13.1. The van der Waals surface area contributed by atoms with Crippen molar-refractivity contribution in [3.63, 3.8) is 0 Å². The number of cyclic esters (lactones) is 1. The molecule has 0 spiro atoms. The largest absolute Gasteiger partial charge is 0.508 e. The van der Waals surface area contributed by atoms with Crippen LogP contribution >= 0.6 is 0 Å². The van der Waals surface area contributed by atoms with E-state index in [9.17, 15) is 25.2 Å². The summed E-state index contributed by atoms with van der Waals surface area (Å²) < 4.78 is 11.9. The van der Waals surface area contributed by atoms with Crippen LogP contribution in [0.15, 0.2) is 30.5 Å². The molecule has 0 amide bonds. The van der Waals surface area contributed by atoms with Gasteiger partial charge in [-0.15, -0.1) is 6.58 Å². The molecule has 5 atom stereocenters. The van der Waals surface area contributed by atoms with Crippen molar-refractivity contribution in [2.24, 2.45) is 5.41 Å². The fraction of sp³-hybridized carbons (Fsp3) is 0.621. The number of ether oxygens (including phenoxy) is 2. The molecule has 1 fully saturated rings. The van der Waals surface area contributed by atoms with E-state index >= 15 is 0 Å². The average molecular weight is 518 g/mol. The van der Waals surface area contributed by atoms with Gasteiger partial charge in [0.2, 0.25) is 0 Å². The van der Waals surface area contributed by atoms with Gasteiger partial charge in [0.1, 0.15) is 23.2 Å². The highest BCUT2D eigenvalue weighted by atomic mass is 16.5. The third-order valence-electron chi connectivity index (χ3n) is 7.74. The number of aliphatic hydroxyl groups is 2. The summed E-state index contributed by atoms with van der Waals surface area (Å²) in [5, 5.41) is 44.6. The molecule has 1 aromatic carbocycles. The summed E-state index contributed by atoms with van der Waals surface area (Å²) in [4.78, 5) is 12.5. The van der Waals surface area contributed by atoms with Crippen LogP contribution in [0.2, 0.25) is 0 Å². The normalized spacial score (nSPS) is 24.5. The molecule has 2 aliphatic rings. The van der Waals surface area contributed by atoms with E-state index in [0.717, 1.165) is 30.9 Å². The number of hydrogen-bond donors (Lipinski definition) is 5. The maximum absolute atomic E-state index is 12.5. The van der Waals surface area contributed by atoms with E-state index < -0.39 is 24.3 Å². The molecular formula is C29H43NO7. The number of nitrogens with one attached hydrogen (secondary N) is 1. The van der Waals surface area contributed by atoms with Crippen molar-refractivity contribution in [1.29, 1.82) is 0 Å². The van der Waals surface area contributed by atoms with Crippen molar-refractivity contribution >= 4 is 5.97 Å². The molecule has 2 aliphatic heterocycles. The van der Waals surface area contributed by atoms with Gasteiger partial charge in [-0.3, -0.25) is 0 Å². The van der Waals surface area contributed by atoms with Crippen LogP contribution in [0.25, 0.3) is 0 Å². The Kier molecular flexibility index (Phi) is 9.32. The lowest BCUT2D eigenvalue weighted by Gasteiger charge is -2.43. The lowest BCUT2D eigenvalue weighted by atomic mass is 9.76. The van der Waals surface area contributed by atoms with Gasteiger partial charge in [-0.2, -0.15) is 0 Å². The minimum Gasteiger partial charge on any atom is -0.508 e. The summed E-state index contributed by atoms with van der Waals surface area (Å²) in [6.07, 6.45) is 1.74. The van der Waals surface area contributed by atoms with E-state index in [1.807, 2.05) is 6.92 Å². The van der Waals surface area contributed by atoms with Gasteiger partial charge in [-0.05, 0) is 56.1 Å². The second kappa shape index (κ2) is 11.9. The van der Waals surface area contributed by atoms with Gasteiger partial charge >= 0.3 is 5.97 Å². The van der Waals surface area contributed by atoms with Crippen LogP contribution in [0.1, 0.15) is 80.8 Å².